The summed E-state index contributed by atoms with van der Waals surface area (Å²) in [4.78, 5) is 15.0. The van der Waals surface area contributed by atoms with Crippen LogP contribution in [0.5, 0.6) is 0 Å². The van der Waals surface area contributed by atoms with Gasteiger partial charge in [0.1, 0.15) is 6.04 Å². The average molecular weight is 245 g/mol. The Balaban J connectivity index is 2.83. The zero-order chi connectivity index (χ0) is 9.84. The minimum Gasteiger partial charge on any atom is -0.468 e. The summed E-state index contributed by atoms with van der Waals surface area (Å²) in [5.41, 5.74) is 6.04. The number of methoxy groups -OCH3 is 1. The molecule has 4 nitrogen and oxygen atoms in total. The SMILES string of the molecule is COC(=O)[C@H](N)c1ccc(Br)cn1. The fourth-order valence-corrected chi connectivity index (χ4v) is 1.05. The standard InChI is InChI=1S/C8H9BrN2O2/c1-13-8(12)7(10)6-3-2-5(9)4-11-6/h2-4,7H,10H2,1H3/t7-/m1/s1. The van der Waals surface area contributed by atoms with Crippen LogP contribution in [-0.2, 0) is 9.53 Å². The zero-order valence-corrected chi connectivity index (χ0v) is 8.61. The number of halogens is 1. The second kappa shape index (κ2) is 4.34. The van der Waals surface area contributed by atoms with E-state index in [4.69, 9.17) is 5.73 Å². The second-order valence-corrected chi connectivity index (χ2v) is 3.32. The van der Waals surface area contributed by atoms with E-state index >= 15 is 0 Å². The van der Waals surface area contributed by atoms with E-state index < -0.39 is 12.0 Å². The summed E-state index contributed by atoms with van der Waals surface area (Å²) in [7, 11) is 1.29. The largest absolute Gasteiger partial charge is 0.468 e. The molecule has 0 amide bonds. The lowest BCUT2D eigenvalue weighted by molar-refractivity contribution is -0.142. The topological polar surface area (TPSA) is 65.2 Å². The number of carbonyl (C=O) groups is 1. The van der Waals surface area contributed by atoms with Crippen LogP contribution < -0.4 is 5.73 Å². The Labute approximate surface area is 84.2 Å². The smallest absolute Gasteiger partial charge is 0.328 e. The summed E-state index contributed by atoms with van der Waals surface area (Å²) >= 11 is 3.23. The molecule has 0 aromatic carbocycles. The van der Waals surface area contributed by atoms with Crippen LogP contribution in [0.4, 0.5) is 0 Å². The number of esters is 1. The Bertz CT molecular complexity index is 300. The van der Waals surface area contributed by atoms with Gasteiger partial charge in [0, 0.05) is 10.7 Å². The molecule has 0 saturated carbocycles. The van der Waals surface area contributed by atoms with Gasteiger partial charge in [0.05, 0.1) is 12.8 Å². The first-order chi connectivity index (χ1) is 6.15. The molecule has 0 aliphatic carbocycles. The van der Waals surface area contributed by atoms with Gasteiger partial charge in [-0.3, -0.25) is 4.98 Å². The number of rotatable bonds is 2. The van der Waals surface area contributed by atoms with Crippen LogP contribution in [0.1, 0.15) is 11.7 Å². The molecule has 0 aliphatic rings. The van der Waals surface area contributed by atoms with Gasteiger partial charge < -0.3 is 10.5 Å². The van der Waals surface area contributed by atoms with Crippen molar-refractivity contribution in [3.63, 3.8) is 0 Å². The molecule has 0 saturated heterocycles. The lowest BCUT2D eigenvalue weighted by Gasteiger charge is -2.07. The first-order valence-corrected chi connectivity index (χ1v) is 4.39. The first-order valence-electron chi connectivity index (χ1n) is 3.60. The van der Waals surface area contributed by atoms with Gasteiger partial charge >= 0.3 is 5.97 Å². The van der Waals surface area contributed by atoms with E-state index in [2.05, 4.69) is 25.7 Å². The van der Waals surface area contributed by atoms with Crippen molar-refractivity contribution >= 4 is 21.9 Å². The minimum atomic E-state index is -0.807. The van der Waals surface area contributed by atoms with E-state index in [1.165, 1.54) is 7.11 Å². The molecule has 0 aliphatic heterocycles. The summed E-state index contributed by atoms with van der Waals surface area (Å²) in [5.74, 6) is -0.491. The summed E-state index contributed by atoms with van der Waals surface area (Å²) in [6.45, 7) is 0. The molecule has 1 rings (SSSR count). The Hall–Kier alpha value is -0.940. The van der Waals surface area contributed by atoms with E-state index in [0.717, 1.165) is 4.47 Å². The average Bonchev–Trinajstić information content (AvgIpc) is 2.17. The van der Waals surface area contributed by atoms with Crippen LogP contribution in [0.3, 0.4) is 0 Å². The third-order valence-electron chi connectivity index (χ3n) is 1.52. The third kappa shape index (κ3) is 2.50. The summed E-state index contributed by atoms with van der Waals surface area (Å²) in [5, 5.41) is 0. The maximum absolute atomic E-state index is 11.0. The number of aromatic nitrogens is 1. The van der Waals surface area contributed by atoms with Gasteiger partial charge in [0.25, 0.3) is 0 Å². The Kier molecular flexibility index (Phi) is 3.39. The first kappa shape index (κ1) is 10.1. The molecule has 1 aromatic heterocycles. The van der Waals surface area contributed by atoms with Crippen molar-refractivity contribution in [3.8, 4) is 0 Å². The predicted octanol–water partition coefficient (Wildman–Crippen LogP) is 1.02. The Morgan fingerprint density at radius 3 is 2.85 bits per heavy atom. The highest BCUT2D eigenvalue weighted by Gasteiger charge is 2.16. The maximum Gasteiger partial charge on any atom is 0.328 e. The van der Waals surface area contributed by atoms with Crippen molar-refractivity contribution in [2.24, 2.45) is 5.73 Å². The van der Waals surface area contributed by atoms with Crippen molar-refractivity contribution in [2.75, 3.05) is 7.11 Å². The molecule has 0 unspecified atom stereocenters. The fourth-order valence-electron chi connectivity index (χ4n) is 0.819. The van der Waals surface area contributed by atoms with Gasteiger partial charge in [-0.1, -0.05) is 0 Å². The molecule has 1 atom stereocenters. The lowest BCUT2D eigenvalue weighted by Crippen LogP contribution is -2.23. The molecule has 0 radical (unpaired) electrons. The zero-order valence-electron chi connectivity index (χ0n) is 7.03. The highest BCUT2D eigenvalue weighted by molar-refractivity contribution is 9.10. The van der Waals surface area contributed by atoms with Crippen molar-refractivity contribution < 1.29 is 9.53 Å². The van der Waals surface area contributed by atoms with Crippen molar-refractivity contribution in [1.29, 1.82) is 0 Å². The number of nitrogens with two attached hydrogens (primary N) is 1. The number of hydrogen-bond donors (Lipinski definition) is 1. The Morgan fingerprint density at radius 1 is 1.69 bits per heavy atom. The van der Waals surface area contributed by atoms with Gasteiger partial charge in [-0.2, -0.15) is 0 Å². The van der Waals surface area contributed by atoms with E-state index in [0.29, 0.717) is 5.69 Å². The number of nitrogens with zero attached hydrogens (tertiary/aromatic N) is 1. The van der Waals surface area contributed by atoms with Crippen LogP contribution in [0.25, 0.3) is 0 Å². The summed E-state index contributed by atoms with van der Waals surface area (Å²) < 4.78 is 5.32. The van der Waals surface area contributed by atoms with E-state index in [9.17, 15) is 4.79 Å². The number of ether oxygens (including phenoxy) is 1. The van der Waals surface area contributed by atoms with Crippen LogP contribution in [0, 0.1) is 0 Å². The monoisotopic (exact) mass is 244 g/mol. The molecule has 0 bridgehead atoms. The van der Waals surface area contributed by atoms with Crippen LogP contribution in [-0.4, -0.2) is 18.1 Å². The van der Waals surface area contributed by atoms with Crippen LogP contribution in [0.2, 0.25) is 0 Å². The lowest BCUT2D eigenvalue weighted by atomic mass is 10.2. The van der Waals surface area contributed by atoms with Crippen LogP contribution >= 0.6 is 15.9 Å². The highest BCUT2D eigenvalue weighted by Crippen LogP contribution is 2.12. The second-order valence-electron chi connectivity index (χ2n) is 2.40. The molecular weight excluding hydrogens is 236 g/mol. The van der Waals surface area contributed by atoms with Crippen molar-refractivity contribution in [3.05, 3.63) is 28.5 Å². The number of pyridine rings is 1. The van der Waals surface area contributed by atoms with E-state index in [-0.39, 0.29) is 0 Å². The third-order valence-corrected chi connectivity index (χ3v) is 1.99. The van der Waals surface area contributed by atoms with Gasteiger partial charge in [-0.05, 0) is 28.1 Å². The number of carbonyl (C=O) groups excluding carboxylic acids is 1. The highest BCUT2D eigenvalue weighted by atomic mass is 79.9. The maximum atomic E-state index is 11.0. The van der Waals surface area contributed by atoms with Crippen molar-refractivity contribution in [2.45, 2.75) is 6.04 Å². The van der Waals surface area contributed by atoms with Gasteiger partial charge in [-0.25, -0.2) is 4.79 Å². The molecule has 0 spiro atoms. The van der Waals surface area contributed by atoms with E-state index in [1.54, 1.807) is 18.3 Å². The van der Waals surface area contributed by atoms with Gasteiger partial charge in [0.2, 0.25) is 0 Å². The minimum absolute atomic E-state index is 0.491. The normalized spacial score (nSPS) is 12.2. The van der Waals surface area contributed by atoms with Crippen molar-refractivity contribution in [1.82, 2.24) is 4.98 Å². The molecule has 70 valence electrons. The Morgan fingerprint density at radius 2 is 2.38 bits per heavy atom. The fraction of sp³-hybridized carbons (Fsp3) is 0.250. The summed E-state index contributed by atoms with van der Waals surface area (Å²) in [6.07, 6.45) is 1.58. The van der Waals surface area contributed by atoms with Gasteiger partial charge in [0.15, 0.2) is 0 Å². The summed E-state index contributed by atoms with van der Waals surface area (Å²) in [6, 6.07) is 2.63. The molecule has 1 aromatic rings. The quantitative estimate of drug-likeness (QED) is 0.790. The molecule has 13 heavy (non-hydrogen) atoms. The predicted molar refractivity (Wildman–Crippen MR) is 50.9 cm³/mol. The van der Waals surface area contributed by atoms with E-state index in [1.807, 2.05) is 0 Å². The molecule has 2 N–H and O–H groups in total. The molecule has 5 heteroatoms. The molecular formula is C8H9BrN2O2. The van der Waals surface area contributed by atoms with Gasteiger partial charge in [-0.15, -0.1) is 0 Å². The number of hydrogen-bond acceptors (Lipinski definition) is 4. The van der Waals surface area contributed by atoms with Crippen LogP contribution in [0.15, 0.2) is 22.8 Å². The molecule has 0 fully saturated rings. The molecule has 1 heterocycles.